The van der Waals surface area contributed by atoms with Crippen molar-refractivity contribution >= 4 is 11.6 Å². The summed E-state index contributed by atoms with van der Waals surface area (Å²) in [5.74, 6) is 0.872. The van der Waals surface area contributed by atoms with Crippen LogP contribution < -0.4 is 10.1 Å². The van der Waals surface area contributed by atoms with Crippen LogP contribution in [-0.2, 0) is 13.2 Å². The second-order valence-electron chi connectivity index (χ2n) is 6.16. The number of nitrogens with one attached hydrogen (secondary N) is 1. The van der Waals surface area contributed by atoms with Crippen LogP contribution in [0, 0.1) is 0 Å². The molecule has 0 radical (unpaired) electrons. The first kappa shape index (κ1) is 16.3. The first-order chi connectivity index (χ1) is 11.3. The van der Waals surface area contributed by atoms with E-state index in [9.17, 15) is 0 Å². The predicted molar refractivity (Wildman–Crippen MR) is 92.9 cm³/mol. The van der Waals surface area contributed by atoms with Crippen LogP contribution in [0.25, 0.3) is 0 Å². The standard InChI is InChI=1S/C18H24ClN3O/c1-20-12-16-11-18(22(21-16)17-5-3-2-4-6-17)23-13-14-7-9-15(19)10-8-14/h7-11,17,20H,2-6,12-13H2,1H3. The van der Waals surface area contributed by atoms with Crippen molar-refractivity contribution in [2.75, 3.05) is 7.05 Å². The van der Waals surface area contributed by atoms with Crippen molar-refractivity contribution in [2.45, 2.75) is 51.3 Å². The van der Waals surface area contributed by atoms with Crippen molar-refractivity contribution in [2.24, 2.45) is 0 Å². The maximum Gasteiger partial charge on any atom is 0.212 e. The molecular weight excluding hydrogens is 310 g/mol. The third-order valence-electron chi connectivity index (χ3n) is 4.33. The molecule has 0 atom stereocenters. The predicted octanol–water partition coefficient (Wildman–Crippen LogP) is 4.34. The Morgan fingerprint density at radius 1 is 1.22 bits per heavy atom. The van der Waals surface area contributed by atoms with Crippen molar-refractivity contribution in [1.82, 2.24) is 15.1 Å². The average Bonchev–Trinajstić information content (AvgIpc) is 2.98. The molecule has 0 amide bonds. The fourth-order valence-corrected chi connectivity index (χ4v) is 3.25. The molecule has 5 heteroatoms. The molecule has 0 unspecified atom stereocenters. The normalized spacial score (nSPS) is 15.7. The molecule has 0 aliphatic heterocycles. The van der Waals surface area contributed by atoms with Crippen LogP contribution in [0.2, 0.25) is 5.02 Å². The monoisotopic (exact) mass is 333 g/mol. The topological polar surface area (TPSA) is 39.1 Å². The van der Waals surface area contributed by atoms with E-state index in [1.807, 2.05) is 31.3 Å². The van der Waals surface area contributed by atoms with E-state index in [-0.39, 0.29) is 0 Å². The highest BCUT2D eigenvalue weighted by Crippen LogP contribution is 2.31. The van der Waals surface area contributed by atoms with Gasteiger partial charge in [-0.05, 0) is 37.6 Å². The van der Waals surface area contributed by atoms with Gasteiger partial charge in [0.25, 0.3) is 0 Å². The molecule has 1 fully saturated rings. The first-order valence-electron chi connectivity index (χ1n) is 8.36. The molecule has 1 N–H and O–H groups in total. The third-order valence-corrected chi connectivity index (χ3v) is 4.58. The number of hydrogen-bond donors (Lipinski definition) is 1. The molecule has 0 saturated heterocycles. The van der Waals surface area contributed by atoms with Gasteiger partial charge in [-0.25, -0.2) is 4.68 Å². The van der Waals surface area contributed by atoms with Gasteiger partial charge in [0, 0.05) is 17.6 Å². The summed E-state index contributed by atoms with van der Waals surface area (Å²) in [6.45, 7) is 1.30. The maximum absolute atomic E-state index is 6.07. The summed E-state index contributed by atoms with van der Waals surface area (Å²) in [7, 11) is 1.94. The molecular formula is C18H24ClN3O. The zero-order valence-corrected chi connectivity index (χ0v) is 14.4. The average molecular weight is 334 g/mol. The summed E-state index contributed by atoms with van der Waals surface area (Å²) >= 11 is 5.93. The molecule has 0 spiro atoms. The quantitative estimate of drug-likeness (QED) is 0.854. The first-order valence-corrected chi connectivity index (χ1v) is 8.74. The van der Waals surface area contributed by atoms with E-state index >= 15 is 0 Å². The Hall–Kier alpha value is -1.52. The van der Waals surface area contributed by atoms with Crippen LogP contribution in [0.1, 0.15) is 49.4 Å². The molecule has 3 rings (SSSR count). The lowest BCUT2D eigenvalue weighted by atomic mass is 9.96. The Morgan fingerprint density at radius 3 is 2.65 bits per heavy atom. The van der Waals surface area contributed by atoms with Gasteiger partial charge in [0.2, 0.25) is 5.88 Å². The summed E-state index contributed by atoms with van der Waals surface area (Å²) in [6.07, 6.45) is 6.28. The van der Waals surface area contributed by atoms with Gasteiger partial charge in [0.15, 0.2) is 0 Å². The van der Waals surface area contributed by atoms with E-state index in [2.05, 4.69) is 16.1 Å². The van der Waals surface area contributed by atoms with Crippen LogP contribution in [-0.4, -0.2) is 16.8 Å². The molecule has 1 saturated carbocycles. The zero-order chi connectivity index (χ0) is 16.1. The van der Waals surface area contributed by atoms with Gasteiger partial charge < -0.3 is 10.1 Å². The Bertz CT molecular complexity index is 618. The van der Waals surface area contributed by atoms with Gasteiger partial charge in [-0.1, -0.05) is 43.0 Å². The number of hydrogen-bond acceptors (Lipinski definition) is 3. The van der Waals surface area contributed by atoms with Crippen LogP contribution in [0.3, 0.4) is 0 Å². The van der Waals surface area contributed by atoms with Crippen molar-refractivity contribution in [3.05, 3.63) is 46.6 Å². The fraction of sp³-hybridized carbons (Fsp3) is 0.500. The van der Waals surface area contributed by atoms with Gasteiger partial charge in [0.05, 0.1) is 11.7 Å². The highest BCUT2D eigenvalue weighted by molar-refractivity contribution is 6.30. The van der Waals surface area contributed by atoms with Crippen LogP contribution in [0.15, 0.2) is 30.3 Å². The minimum atomic E-state index is 0.467. The van der Waals surface area contributed by atoms with Crippen molar-refractivity contribution in [3.8, 4) is 5.88 Å². The maximum atomic E-state index is 6.07. The molecule has 1 aromatic carbocycles. The molecule has 1 aromatic heterocycles. The largest absolute Gasteiger partial charge is 0.473 e. The van der Waals surface area contributed by atoms with Gasteiger partial charge >= 0.3 is 0 Å². The van der Waals surface area contributed by atoms with E-state index in [1.165, 1.54) is 32.1 Å². The van der Waals surface area contributed by atoms with Crippen LogP contribution in [0.4, 0.5) is 0 Å². The Kier molecular flexibility index (Phi) is 5.57. The Morgan fingerprint density at radius 2 is 1.96 bits per heavy atom. The second kappa shape index (κ2) is 7.84. The smallest absolute Gasteiger partial charge is 0.212 e. The molecule has 124 valence electrons. The highest BCUT2D eigenvalue weighted by atomic mass is 35.5. The van der Waals surface area contributed by atoms with Gasteiger partial charge in [0.1, 0.15) is 6.61 Å². The van der Waals surface area contributed by atoms with Gasteiger partial charge in [-0.2, -0.15) is 5.10 Å². The Labute approximate surface area is 142 Å². The molecule has 2 aromatic rings. The molecule has 1 aliphatic carbocycles. The fourth-order valence-electron chi connectivity index (χ4n) is 3.13. The number of halogens is 1. The van der Waals surface area contributed by atoms with E-state index in [0.29, 0.717) is 12.6 Å². The van der Waals surface area contributed by atoms with Crippen molar-refractivity contribution in [1.29, 1.82) is 0 Å². The zero-order valence-electron chi connectivity index (χ0n) is 13.6. The Balaban J connectivity index is 1.74. The molecule has 0 bridgehead atoms. The highest BCUT2D eigenvalue weighted by Gasteiger charge is 2.20. The van der Waals surface area contributed by atoms with Crippen molar-refractivity contribution < 1.29 is 4.74 Å². The second-order valence-corrected chi connectivity index (χ2v) is 6.59. The summed E-state index contributed by atoms with van der Waals surface area (Å²) in [5, 5.41) is 8.67. The molecule has 1 heterocycles. The molecule has 1 aliphatic rings. The van der Waals surface area contributed by atoms with Gasteiger partial charge in [-0.3, -0.25) is 0 Å². The summed E-state index contributed by atoms with van der Waals surface area (Å²) in [4.78, 5) is 0. The number of nitrogens with zero attached hydrogens (tertiary/aromatic N) is 2. The van der Waals surface area contributed by atoms with E-state index in [0.717, 1.165) is 28.7 Å². The summed E-state index contributed by atoms with van der Waals surface area (Å²) in [6, 6.07) is 10.3. The van der Waals surface area contributed by atoms with E-state index in [1.54, 1.807) is 0 Å². The lowest BCUT2D eigenvalue weighted by Crippen LogP contribution is -2.16. The SMILES string of the molecule is CNCc1cc(OCc2ccc(Cl)cc2)n(C2CCCCC2)n1. The number of rotatable bonds is 6. The minimum Gasteiger partial charge on any atom is -0.473 e. The lowest BCUT2D eigenvalue weighted by Gasteiger charge is -2.23. The third kappa shape index (κ3) is 4.27. The summed E-state index contributed by atoms with van der Waals surface area (Å²) < 4.78 is 8.17. The van der Waals surface area contributed by atoms with Crippen molar-refractivity contribution in [3.63, 3.8) is 0 Å². The lowest BCUT2D eigenvalue weighted by molar-refractivity contribution is 0.237. The number of aromatic nitrogens is 2. The summed E-state index contributed by atoms with van der Waals surface area (Å²) in [5.41, 5.74) is 2.14. The minimum absolute atomic E-state index is 0.467. The van der Waals surface area contributed by atoms with Gasteiger partial charge in [-0.15, -0.1) is 0 Å². The molecule has 4 nitrogen and oxygen atoms in total. The van der Waals surface area contributed by atoms with E-state index < -0.39 is 0 Å². The number of ether oxygens (including phenoxy) is 1. The molecule has 23 heavy (non-hydrogen) atoms. The van der Waals surface area contributed by atoms with Crippen LogP contribution in [0.5, 0.6) is 5.88 Å². The van der Waals surface area contributed by atoms with Crippen LogP contribution >= 0.6 is 11.6 Å². The number of benzene rings is 1. The van der Waals surface area contributed by atoms with E-state index in [4.69, 9.17) is 21.4 Å².